The van der Waals surface area contributed by atoms with Gasteiger partial charge in [0.05, 0.1) is 89.1 Å². The molecule has 128 heavy (non-hydrogen) atoms. The van der Waals surface area contributed by atoms with Crippen LogP contribution in [0.3, 0.4) is 0 Å². The van der Waals surface area contributed by atoms with Gasteiger partial charge >= 0.3 is 29.6 Å². The van der Waals surface area contributed by atoms with Gasteiger partial charge < -0.3 is 75.7 Å². The van der Waals surface area contributed by atoms with Crippen LogP contribution in [-0.4, -0.2) is 88.8 Å². The second-order valence-corrected chi connectivity index (χ2v) is 33.0. The van der Waals surface area contributed by atoms with Gasteiger partial charge in [-0.15, -0.1) is 0 Å². The van der Waals surface area contributed by atoms with Crippen LogP contribution in [0.2, 0.25) is 0 Å². The molecule has 1 atom stereocenters. The SMILES string of the molecule is COc1ccc(N(c2ccc(OC)cc2)c2ccc3c(c2)c2cc(N(c4ccc(OC)cc4)c4ccc(OC)cc4)ccc2n3-c2ccc(-c3ccc4c5ccc(-c6ccc(-n7c8ccc(N(c9ccc(OC)cc9)c9ccc(OC)cc9)cc8c8cc(N(c9ccc(OC)cc9)c9ccc(OC)cc9)ccc87)cc6)cc5n(CCC(C)S(=O)(=O)[O-])c4c3)cc2)cc1.[Na+]. The number of ether oxygens (including phenoxy) is 8. The van der Waals surface area contributed by atoms with Crippen molar-refractivity contribution in [1.82, 2.24) is 13.7 Å². The summed E-state index contributed by atoms with van der Waals surface area (Å²) in [6.07, 6.45) is 0.107. The number of anilines is 12. The Kier molecular flexibility index (Phi) is 23.6. The molecule has 0 fully saturated rings. The fraction of sp³-hybridized carbons (Fsp3) is 0.111. The summed E-state index contributed by atoms with van der Waals surface area (Å²) in [5.41, 5.74) is 22.9. The molecular weight excluding hydrogens is 1630 g/mol. The van der Waals surface area contributed by atoms with Crippen molar-refractivity contribution < 1.29 is 80.4 Å². The topological polar surface area (TPSA) is 159 Å². The molecule has 1 unspecified atom stereocenters. The molecule has 3 aromatic heterocycles. The van der Waals surface area contributed by atoms with Gasteiger partial charge in [-0.25, -0.2) is 8.42 Å². The van der Waals surface area contributed by atoms with E-state index >= 15 is 0 Å². The van der Waals surface area contributed by atoms with Crippen molar-refractivity contribution in [3.05, 3.63) is 352 Å². The Labute approximate surface area is 765 Å². The van der Waals surface area contributed by atoms with Crippen LogP contribution in [-0.2, 0) is 16.7 Å². The minimum Gasteiger partial charge on any atom is -0.748 e. The number of hydrogen-bond acceptors (Lipinski definition) is 15. The summed E-state index contributed by atoms with van der Waals surface area (Å²) < 4.78 is 90.3. The molecule has 20 heteroatoms. The van der Waals surface area contributed by atoms with Gasteiger partial charge in [0.2, 0.25) is 0 Å². The van der Waals surface area contributed by atoms with E-state index in [9.17, 15) is 13.0 Å². The van der Waals surface area contributed by atoms with Crippen LogP contribution in [0.5, 0.6) is 46.0 Å². The maximum atomic E-state index is 12.7. The van der Waals surface area contributed by atoms with E-state index in [0.717, 1.165) is 213 Å². The molecule has 0 aliphatic heterocycles. The third-order valence-electron chi connectivity index (χ3n) is 24.2. The Morgan fingerprint density at radius 3 is 0.656 bits per heavy atom. The zero-order chi connectivity index (χ0) is 87.1. The Bertz CT molecular complexity index is 6460. The molecular formula is C108H90N7NaO11S. The van der Waals surface area contributed by atoms with Gasteiger partial charge in [-0.1, -0.05) is 48.5 Å². The van der Waals surface area contributed by atoms with Crippen molar-refractivity contribution in [3.63, 3.8) is 0 Å². The van der Waals surface area contributed by atoms with Gasteiger partial charge in [-0.2, -0.15) is 0 Å². The molecule has 16 aromatic carbocycles. The Balaban J connectivity index is 0.0000111. The second-order valence-electron chi connectivity index (χ2n) is 31.2. The van der Waals surface area contributed by atoms with Crippen molar-refractivity contribution in [1.29, 1.82) is 0 Å². The molecule has 18 nitrogen and oxygen atoms in total. The van der Waals surface area contributed by atoms with E-state index in [1.807, 2.05) is 97.1 Å². The number of aromatic nitrogens is 3. The first-order valence-corrected chi connectivity index (χ1v) is 43.3. The van der Waals surface area contributed by atoms with Crippen LogP contribution >= 0.6 is 0 Å². The molecule has 0 saturated carbocycles. The minimum absolute atomic E-state index is 0. The van der Waals surface area contributed by atoms with Crippen LogP contribution in [0.15, 0.2) is 352 Å². The number of hydrogen-bond donors (Lipinski definition) is 0. The average molecular weight is 1720 g/mol. The number of methoxy groups -OCH3 is 8. The van der Waals surface area contributed by atoms with Crippen molar-refractivity contribution in [2.24, 2.45) is 0 Å². The first-order chi connectivity index (χ1) is 62.1. The van der Waals surface area contributed by atoms with Gasteiger partial charge in [0, 0.05) is 135 Å². The third-order valence-corrected chi connectivity index (χ3v) is 25.4. The van der Waals surface area contributed by atoms with Crippen molar-refractivity contribution in [2.45, 2.75) is 25.1 Å². The summed E-state index contributed by atoms with van der Waals surface area (Å²) in [6, 6.07) is 122. The van der Waals surface area contributed by atoms with Crippen molar-refractivity contribution in [3.8, 4) is 79.6 Å². The molecule has 19 rings (SSSR count). The molecule has 0 N–H and O–H groups in total. The van der Waals surface area contributed by atoms with Gasteiger partial charge in [0.25, 0.3) is 0 Å². The normalized spacial score (nSPS) is 11.7. The summed E-state index contributed by atoms with van der Waals surface area (Å²) >= 11 is 0. The monoisotopic (exact) mass is 1720 g/mol. The molecule has 0 bridgehead atoms. The second kappa shape index (κ2) is 35.8. The summed E-state index contributed by atoms with van der Waals surface area (Å²) in [6.45, 7) is 1.77. The van der Waals surface area contributed by atoms with Crippen LogP contribution in [0.1, 0.15) is 13.3 Å². The van der Waals surface area contributed by atoms with Crippen LogP contribution in [0.25, 0.3) is 99.0 Å². The van der Waals surface area contributed by atoms with E-state index in [1.54, 1.807) is 56.9 Å². The molecule has 0 radical (unpaired) electrons. The zero-order valence-corrected chi connectivity index (χ0v) is 75.3. The quantitative estimate of drug-likeness (QED) is 0.0336. The van der Waals surface area contributed by atoms with Crippen LogP contribution in [0, 0.1) is 0 Å². The largest absolute Gasteiger partial charge is 1.00 e. The number of fused-ring (bicyclic) bond motifs is 9. The molecule has 0 amide bonds. The first-order valence-electron chi connectivity index (χ1n) is 41.8. The molecule has 0 spiro atoms. The van der Waals surface area contributed by atoms with Gasteiger partial charge in [-0.3, -0.25) is 0 Å². The molecule has 0 aliphatic rings. The molecule has 19 aromatic rings. The smallest absolute Gasteiger partial charge is 0.748 e. The Morgan fingerprint density at radius 2 is 0.453 bits per heavy atom. The fourth-order valence-electron chi connectivity index (χ4n) is 17.5. The van der Waals surface area contributed by atoms with Crippen molar-refractivity contribution >= 4 is 144 Å². The van der Waals surface area contributed by atoms with Crippen molar-refractivity contribution in [2.75, 3.05) is 76.5 Å². The molecule has 0 aliphatic carbocycles. The standard InChI is InChI=1S/C108H91N7O11S.Na/c1-70(127(116,117)118)62-63-109-107-64-73(71-10-16-83(17-11-71)114-103-58-36-85(110(75-20-40-89(119-2)41-21-75)76-22-42-90(120-3)43-23-76)66-99(103)100-67-86(37-59-104(100)114)111(77-24-44-91(121-4)45-25-77)78-26-46-92(122-5)47-27-78)14-56-97(107)98-57-15-74(65-108(98)109)72-12-18-84(19-13-72)115-105-60-38-87(112(79-28-48-93(123-6)49-29-79)80-30-50-94(124-7)51-31-80)68-101(105)102-69-88(39-61-106(102)115)113(81-32-52-95(125-8)53-33-81)82-34-54-96(126-9)55-35-82;/h10-61,64-70H,62-63H2,1-9H3,(H,116,117,118);/q;+1/p-1. The van der Waals surface area contributed by atoms with E-state index in [1.165, 1.54) is 6.92 Å². The first kappa shape index (κ1) is 84.3. The van der Waals surface area contributed by atoms with E-state index in [4.69, 9.17) is 37.9 Å². The number of nitrogens with zero attached hydrogens (tertiary/aromatic N) is 7. The predicted molar refractivity (Wildman–Crippen MR) is 514 cm³/mol. The number of benzene rings is 16. The molecule has 3 heterocycles. The van der Waals surface area contributed by atoms with Crippen LogP contribution in [0.4, 0.5) is 68.2 Å². The Hall–Kier alpha value is -14.6. The zero-order valence-electron chi connectivity index (χ0n) is 72.5. The number of rotatable bonds is 28. The summed E-state index contributed by atoms with van der Waals surface area (Å²) in [4.78, 5) is 8.97. The predicted octanol–water partition coefficient (Wildman–Crippen LogP) is 23.6. The van der Waals surface area contributed by atoms with E-state index < -0.39 is 15.4 Å². The van der Waals surface area contributed by atoms with Gasteiger partial charge in [0.1, 0.15) is 46.0 Å². The fourth-order valence-corrected chi connectivity index (χ4v) is 17.9. The molecule has 630 valence electrons. The van der Waals surface area contributed by atoms with E-state index in [0.29, 0.717) is 0 Å². The maximum Gasteiger partial charge on any atom is 1.00 e. The summed E-state index contributed by atoms with van der Waals surface area (Å²) in [5.74, 6) is 6.01. The Morgan fingerprint density at radius 1 is 0.250 bits per heavy atom. The molecule has 0 saturated heterocycles. The van der Waals surface area contributed by atoms with Crippen LogP contribution < -0.4 is 87.1 Å². The summed E-state index contributed by atoms with van der Waals surface area (Å²) in [7, 11) is 8.79. The average Bonchev–Trinajstić information content (AvgIpc) is 1.58. The van der Waals surface area contributed by atoms with E-state index in [-0.39, 0.29) is 42.5 Å². The van der Waals surface area contributed by atoms with Gasteiger partial charge in [-0.05, 0) is 339 Å². The third kappa shape index (κ3) is 16.1. The minimum atomic E-state index is -4.61. The number of aryl methyl sites for hydroxylation is 1. The van der Waals surface area contributed by atoms with E-state index in [2.05, 4.69) is 288 Å². The van der Waals surface area contributed by atoms with Gasteiger partial charge in [0.15, 0.2) is 0 Å². The maximum absolute atomic E-state index is 12.7. The summed E-state index contributed by atoms with van der Waals surface area (Å²) in [5, 5.41) is 4.97.